The zero-order valence-corrected chi connectivity index (χ0v) is 19.5. The van der Waals surface area contributed by atoms with Gasteiger partial charge in [-0.15, -0.1) is 0 Å². The SMILES string of the molecule is COc1cccc(C2/C(=C(\O)c3ccc(Br)cc3)C(=O)C(=O)N2c2cc(C)cc(C)c2)c1. The molecule has 0 bridgehead atoms. The van der Waals surface area contributed by atoms with Crippen LogP contribution < -0.4 is 9.64 Å². The summed E-state index contributed by atoms with van der Waals surface area (Å²) in [5, 5.41) is 11.2. The van der Waals surface area contributed by atoms with Crippen molar-refractivity contribution in [3.05, 3.63) is 99.0 Å². The van der Waals surface area contributed by atoms with Gasteiger partial charge in [0.15, 0.2) is 0 Å². The van der Waals surface area contributed by atoms with Gasteiger partial charge in [0.05, 0.1) is 18.7 Å². The minimum absolute atomic E-state index is 0.0461. The summed E-state index contributed by atoms with van der Waals surface area (Å²) < 4.78 is 6.21. The van der Waals surface area contributed by atoms with E-state index in [-0.39, 0.29) is 11.3 Å². The van der Waals surface area contributed by atoms with Crippen LogP contribution in [0.25, 0.3) is 5.76 Å². The number of aryl methyl sites for hydroxylation is 2. The maximum Gasteiger partial charge on any atom is 0.300 e. The summed E-state index contributed by atoms with van der Waals surface area (Å²) in [6, 6.07) is 19.1. The Morgan fingerprint density at radius 1 is 0.969 bits per heavy atom. The molecular weight excluding hydrogens is 470 g/mol. The lowest BCUT2D eigenvalue weighted by molar-refractivity contribution is -0.132. The fraction of sp³-hybridized carbons (Fsp3) is 0.154. The molecule has 0 spiro atoms. The summed E-state index contributed by atoms with van der Waals surface area (Å²) in [6.07, 6.45) is 0. The van der Waals surface area contributed by atoms with Crippen molar-refractivity contribution in [2.45, 2.75) is 19.9 Å². The van der Waals surface area contributed by atoms with Crippen LogP contribution >= 0.6 is 15.9 Å². The molecule has 4 rings (SSSR count). The molecule has 0 saturated carbocycles. The fourth-order valence-corrected chi connectivity index (χ4v) is 4.34. The molecule has 0 radical (unpaired) electrons. The third kappa shape index (κ3) is 3.94. The number of carbonyl (C=O) groups is 2. The van der Waals surface area contributed by atoms with Gasteiger partial charge in [-0.1, -0.05) is 46.3 Å². The fourth-order valence-electron chi connectivity index (χ4n) is 4.08. The molecule has 0 aromatic heterocycles. The maximum atomic E-state index is 13.3. The number of amides is 1. The molecule has 1 heterocycles. The number of hydrogen-bond acceptors (Lipinski definition) is 4. The van der Waals surface area contributed by atoms with Crippen molar-refractivity contribution >= 4 is 39.1 Å². The third-order valence-electron chi connectivity index (χ3n) is 5.46. The standard InChI is InChI=1S/C26H22BrNO4/c1-15-11-16(2)13-20(12-15)28-23(18-5-4-6-21(14-18)32-3)22(25(30)26(28)31)24(29)17-7-9-19(27)10-8-17/h4-14,23,29H,1-3H3/b24-22+. The molecule has 1 unspecified atom stereocenters. The molecule has 3 aromatic rings. The Morgan fingerprint density at radius 2 is 1.62 bits per heavy atom. The van der Waals surface area contributed by atoms with E-state index in [0.717, 1.165) is 15.6 Å². The minimum Gasteiger partial charge on any atom is -0.507 e. The lowest BCUT2D eigenvalue weighted by Crippen LogP contribution is -2.29. The molecule has 5 nitrogen and oxygen atoms in total. The van der Waals surface area contributed by atoms with Gasteiger partial charge in [-0.05, 0) is 66.9 Å². The van der Waals surface area contributed by atoms with Crippen molar-refractivity contribution in [3.63, 3.8) is 0 Å². The highest BCUT2D eigenvalue weighted by Gasteiger charge is 2.47. The Bertz CT molecular complexity index is 1230. The van der Waals surface area contributed by atoms with E-state index in [2.05, 4.69) is 15.9 Å². The number of ketones is 1. The molecule has 1 aliphatic heterocycles. The predicted octanol–water partition coefficient (Wildman–Crippen LogP) is 5.70. The van der Waals surface area contributed by atoms with E-state index in [4.69, 9.17) is 4.74 Å². The number of aliphatic hydroxyl groups is 1. The molecule has 3 aromatic carbocycles. The summed E-state index contributed by atoms with van der Waals surface area (Å²) in [5.74, 6) is -1.02. The summed E-state index contributed by atoms with van der Waals surface area (Å²) in [6.45, 7) is 3.88. The molecule has 1 saturated heterocycles. The smallest absolute Gasteiger partial charge is 0.300 e. The second-order valence-electron chi connectivity index (χ2n) is 7.80. The van der Waals surface area contributed by atoms with Gasteiger partial charge in [-0.3, -0.25) is 14.5 Å². The Kier molecular flexibility index (Phi) is 5.89. The first-order valence-electron chi connectivity index (χ1n) is 10.1. The van der Waals surface area contributed by atoms with Crippen LogP contribution in [0.4, 0.5) is 5.69 Å². The van der Waals surface area contributed by atoms with Crippen molar-refractivity contribution in [1.29, 1.82) is 0 Å². The number of ether oxygens (including phenoxy) is 1. The average Bonchev–Trinajstić information content (AvgIpc) is 3.04. The van der Waals surface area contributed by atoms with E-state index in [9.17, 15) is 14.7 Å². The third-order valence-corrected chi connectivity index (χ3v) is 5.98. The number of anilines is 1. The Morgan fingerprint density at radius 3 is 2.25 bits per heavy atom. The summed E-state index contributed by atoms with van der Waals surface area (Å²) >= 11 is 3.38. The number of aliphatic hydroxyl groups excluding tert-OH is 1. The van der Waals surface area contributed by atoms with Crippen LogP contribution in [0.3, 0.4) is 0 Å². The number of nitrogens with zero attached hydrogens (tertiary/aromatic N) is 1. The summed E-state index contributed by atoms with van der Waals surface area (Å²) in [5.41, 5.74) is 3.72. The lowest BCUT2D eigenvalue weighted by Gasteiger charge is -2.26. The molecule has 1 aliphatic rings. The monoisotopic (exact) mass is 491 g/mol. The molecule has 32 heavy (non-hydrogen) atoms. The van der Waals surface area contributed by atoms with Crippen LogP contribution in [0.2, 0.25) is 0 Å². The van der Waals surface area contributed by atoms with Crippen molar-refractivity contribution in [2.75, 3.05) is 12.0 Å². The summed E-state index contributed by atoms with van der Waals surface area (Å²) in [4.78, 5) is 27.9. The molecule has 162 valence electrons. The number of hydrogen-bond donors (Lipinski definition) is 1. The number of methoxy groups -OCH3 is 1. The Labute approximate surface area is 195 Å². The highest BCUT2D eigenvalue weighted by atomic mass is 79.9. The molecule has 1 N–H and O–H groups in total. The number of benzene rings is 3. The average molecular weight is 492 g/mol. The molecule has 1 atom stereocenters. The van der Waals surface area contributed by atoms with Gasteiger partial charge >= 0.3 is 0 Å². The largest absolute Gasteiger partial charge is 0.507 e. The van der Waals surface area contributed by atoms with Gasteiger partial charge in [0, 0.05) is 15.7 Å². The molecular formula is C26H22BrNO4. The van der Waals surface area contributed by atoms with Crippen LogP contribution in [-0.4, -0.2) is 23.9 Å². The van der Waals surface area contributed by atoms with Crippen molar-refractivity contribution < 1.29 is 19.4 Å². The van der Waals surface area contributed by atoms with E-state index < -0.39 is 17.7 Å². The Balaban J connectivity index is 1.97. The minimum atomic E-state index is -0.796. The second-order valence-corrected chi connectivity index (χ2v) is 8.71. The molecule has 6 heteroatoms. The van der Waals surface area contributed by atoms with Crippen LogP contribution in [0.15, 0.2) is 76.8 Å². The lowest BCUT2D eigenvalue weighted by atomic mass is 9.95. The Hall–Kier alpha value is -3.38. The van der Waals surface area contributed by atoms with E-state index in [0.29, 0.717) is 22.6 Å². The highest BCUT2D eigenvalue weighted by molar-refractivity contribution is 9.10. The van der Waals surface area contributed by atoms with Crippen LogP contribution in [0, 0.1) is 13.8 Å². The molecule has 0 aliphatic carbocycles. The van der Waals surface area contributed by atoms with Crippen LogP contribution in [0.1, 0.15) is 28.3 Å². The first-order valence-corrected chi connectivity index (χ1v) is 10.9. The van der Waals surface area contributed by atoms with Crippen LogP contribution in [0.5, 0.6) is 5.75 Å². The number of halogens is 1. The van der Waals surface area contributed by atoms with Gasteiger partial charge in [-0.25, -0.2) is 0 Å². The van der Waals surface area contributed by atoms with Gasteiger partial charge in [0.1, 0.15) is 11.5 Å². The van der Waals surface area contributed by atoms with Gasteiger partial charge in [-0.2, -0.15) is 0 Å². The second kappa shape index (κ2) is 8.63. The van der Waals surface area contributed by atoms with Crippen molar-refractivity contribution in [2.24, 2.45) is 0 Å². The summed E-state index contributed by atoms with van der Waals surface area (Å²) in [7, 11) is 1.56. The maximum absolute atomic E-state index is 13.3. The van der Waals surface area contributed by atoms with Gasteiger partial charge in [0.2, 0.25) is 0 Å². The van der Waals surface area contributed by atoms with E-state index >= 15 is 0 Å². The number of carbonyl (C=O) groups excluding carboxylic acids is 2. The van der Waals surface area contributed by atoms with E-state index in [1.807, 2.05) is 38.1 Å². The van der Waals surface area contributed by atoms with Crippen LogP contribution in [-0.2, 0) is 9.59 Å². The van der Waals surface area contributed by atoms with E-state index in [1.165, 1.54) is 4.90 Å². The predicted molar refractivity (Wildman–Crippen MR) is 128 cm³/mol. The number of rotatable bonds is 4. The number of Topliss-reactive ketones (excluding diaryl/α,β-unsaturated/α-hetero) is 1. The quantitative estimate of drug-likeness (QED) is 0.288. The zero-order chi connectivity index (χ0) is 23.0. The first kappa shape index (κ1) is 21.8. The molecule has 1 amide bonds. The molecule has 1 fully saturated rings. The van der Waals surface area contributed by atoms with E-state index in [1.54, 1.807) is 49.6 Å². The first-order chi connectivity index (χ1) is 15.3. The zero-order valence-electron chi connectivity index (χ0n) is 17.9. The highest BCUT2D eigenvalue weighted by Crippen LogP contribution is 2.43. The van der Waals surface area contributed by atoms with Gasteiger partial charge in [0.25, 0.3) is 11.7 Å². The van der Waals surface area contributed by atoms with Gasteiger partial charge < -0.3 is 9.84 Å². The topological polar surface area (TPSA) is 66.8 Å². The van der Waals surface area contributed by atoms with Crippen molar-refractivity contribution in [3.8, 4) is 5.75 Å². The van der Waals surface area contributed by atoms with Crippen molar-refractivity contribution in [1.82, 2.24) is 0 Å². The normalized spacial score (nSPS) is 17.6.